The molecule has 0 unspecified atom stereocenters. The van der Waals surface area contributed by atoms with Crippen LogP contribution in [0.1, 0.15) is 16.7 Å². The molecule has 0 saturated carbocycles. The molecule has 0 fully saturated rings. The van der Waals surface area contributed by atoms with Crippen LogP contribution < -0.4 is 20.1 Å². The molecule has 0 aliphatic heterocycles. The monoisotopic (exact) mass is 523 g/mol. The molecule has 3 aromatic carbocycles. The fourth-order valence-corrected chi connectivity index (χ4v) is 3.77. The average molecular weight is 524 g/mol. The molecule has 0 aromatic heterocycles. The fourth-order valence-electron chi connectivity index (χ4n) is 3.31. The highest BCUT2D eigenvalue weighted by atomic mass is 35.5. The van der Waals surface area contributed by atoms with Crippen molar-refractivity contribution in [2.24, 2.45) is 0 Å². The summed E-state index contributed by atoms with van der Waals surface area (Å²) >= 11 is 12.5. The molecular formula is C27H23Cl2N3O4. The number of aryl methyl sites for hydroxylation is 2. The number of methoxy groups -OCH3 is 1. The van der Waals surface area contributed by atoms with Gasteiger partial charge in [0.15, 0.2) is 18.1 Å². The predicted octanol–water partition coefficient (Wildman–Crippen LogP) is 6.18. The van der Waals surface area contributed by atoms with Crippen LogP contribution in [-0.4, -0.2) is 25.5 Å². The van der Waals surface area contributed by atoms with Crippen molar-refractivity contribution < 1.29 is 19.1 Å². The first kappa shape index (κ1) is 26.6. The Hall–Kier alpha value is -3.99. The Morgan fingerprint density at radius 2 is 1.75 bits per heavy atom. The largest absolute Gasteiger partial charge is 0.493 e. The summed E-state index contributed by atoms with van der Waals surface area (Å²) < 4.78 is 11.0. The van der Waals surface area contributed by atoms with Gasteiger partial charge in [0.2, 0.25) is 0 Å². The molecule has 184 valence electrons. The number of hydrogen-bond donors (Lipinski definition) is 2. The van der Waals surface area contributed by atoms with E-state index in [0.29, 0.717) is 22.0 Å². The molecule has 3 aromatic rings. The number of rotatable bonds is 8. The van der Waals surface area contributed by atoms with E-state index in [1.54, 1.807) is 30.3 Å². The number of carbonyl (C=O) groups is 2. The molecule has 3 rings (SSSR count). The minimum Gasteiger partial charge on any atom is -0.493 e. The van der Waals surface area contributed by atoms with Gasteiger partial charge < -0.3 is 20.1 Å². The Balaban J connectivity index is 1.75. The normalized spacial score (nSPS) is 10.8. The molecule has 7 nitrogen and oxygen atoms in total. The van der Waals surface area contributed by atoms with Crippen molar-refractivity contribution in [3.8, 4) is 17.6 Å². The number of amides is 2. The maximum Gasteiger partial charge on any atom is 0.266 e. The van der Waals surface area contributed by atoms with Crippen molar-refractivity contribution in [1.82, 2.24) is 0 Å². The quantitative estimate of drug-likeness (QED) is 0.271. The van der Waals surface area contributed by atoms with Crippen LogP contribution in [0.25, 0.3) is 6.08 Å². The number of halogens is 2. The molecule has 0 bridgehead atoms. The van der Waals surface area contributed by atoms with Crippen LogP contribution in [0.15, 0.2) is 60.2 Å². The lowest BCUT2D eigenvalue weighted by molar-refractivity contribution is -0.118. The molecule has 2 amide bonds. The molecule has 0 spiro atoms. The zero-order chi connectivity index (χ0) is 26.2. The molecule has 9 heteroatoms. The van der Waals surface area contributed by atoms with Gasteiger partial charge in [-0.2, -0.15) is 5.26 Å². The van der Waals surface area contributed by atoms with Gasteiger partial charge in [-0.05, 0) is 61.4 Å². The summed E-state index contributed by atoms with van der Waals surface area (Å²) in [5.74, 6) is -0.612. The van der Waals surface area contributed by atoms with Gasteiger partial charge in [-0.3, -0.25) is 9.59 Å². The van der Waals surface area contributed by atoms with Crippen LogP contribution in [0.2, 0.25) is 10.0 Å². The minimum absolute atomic E-state index is 0.142. The number of hydrogen-bond acceptors (Lipinski definition) is 5. The number of ether oxygens (including phenoxy) is 2. The lowest BCUT2D eigenvalue weighted by atomic mass is 10.1. The Bertz CT molecular complexity index is 1380. The first-order chi connectivity index (χ1) is 17.2. The highest BCUT2D eigenvalue weighted by Crippen LogP contribution is 2.37. The average Bonchev–Trinajstić information content (AvgIpc) is 2.84. The maximum absolute atomic E-state index is 12.6. The van der Waals surface area contributed by atoms with E-state index in [0.717, 1.165) is 11.1 Å². The summed E-state index contributed by atoms with van der Waals surface area (Å²) in [6.45, 7) is 3.57. The minimum atomic E-state index is -0.635. The second-order valence-electron chi connectivity index (χ2n) is 7.79. The van der Waals surface area contributed by atoms with Crippen LogP contribution in [0.4, 0.5) is 11.4 Å². The van der Waals surface area contributed by atoms with Crippen molar-refractivity contribution in [2.75, 3.05) is 24.4 Å². The Morgan fingerprint density at radius 1 is 1.00 bits per heavy atom. The van der Waals surface area contributed by atoms with Crippen molar-refractivity contribution in [3.05, 3.63) is 86.9 Å². The van der Waals surface area contributed by atoms with E-state index in [-0.39, 0.29) is 34.6 Å². The Labute approximate surface area is 219 Å². The van der Waals surface area contributed by atoms with Crippen LogP contribution >= 0.6 is 23.2 Å². The Kier molecular flexibility index (Phi) is 8.96. The van der Waals surface area contributed by atoms with E-state index in [2.05, 4.69) is 10.6 Å². The smallest absolute Gasteiger partial charge is 0.266 e. The highest BCUT2D eigenvalue weighted by molar-refractivity contribution is 6.34. The summed E-state index contributed by atoms with van der Waals surface area (Å²) in [5, 5.41) is 15.4. The van der Waals surface area contributed by atoms with Gasteiger partial charge in [0.05, 0.1) is 22.8 Å². The first-order valence-corrected chi connectivity index (χ1v) is 11.5. The lowest BCUT2D eigenvalue weighted by Gasteiger charge is -2.14. The van der Waals surface area contributed by atoms with E-state index < -0.39 is 5.91 Å². The number of para-hydroxylation sites is 1. The van der Waals surface area contributed by atoms with Crippen molar-refractivity contribution in [2.45, 2.75) is 13.8 Å². The number of nitrogens with zero attached hydrogens (tertiary/aromatic N) is 1. The van der Waals surface area contributed by atoms with Crippen LogP contribution in [0, 0.1) is 25.2 Å². The van der Waals surface area contributed by atoms with Crippen LogP contribution in [-0.2, 0) is 9.59 Å². The van der Waals surface area contributed by atoms with Gasteiger partial charge >= 0.3 is 0 Å². The summed E-state index contributed by atoms with van der Waals surface area (Å²) in [5.41, 5.74) is 3.34. The van der Waals surface area contributed by atoms with Gasteiger partial charge in [0, 0.05) is 5.69 Å². The lowest BCUT2D eigenvalue weighted by Crippen LogP contribution is -2.21. The van der Waals surface area contributed by atoms with Crippen LogP contribution in [0.3, 0.4) is 0 Å². The van der Waals surface area contributed by atoms with E-state index in [4.69, 9.17) is 32.7 Å². The third-order valence-corrected chi connectivity index (χ3v) is 5.66. The zero-order valence-electron chi connectivity index (χ0n) is 19.8. The highest BCUT2D eigenvalue weighted by Gasteiger charge is 2.16. The number of nitrogens with one attached hydrogen (secondary N) is 2. The molecule has 0 aliphatic rings. The standard InChI is InChI=1S/C27H23Cl2N3O4/c1-16-8-9-22(17(2)10-16)31-25(33)15-36-26-21(29)12-18(13-24(26)35-3)11-19(14-30)27(34)32-23-7-5-4-6-20(23)28/h4-13H,15H2,1-3H3,(H,31,33)(H,32,34)/b19-11+. The molecule has 36 heavy (non-hydrogen) atoms. The maximum atomic E-state index is 12.6. The van der Waals surface area contributed by atoms with Crippen molar-refractivity contribution in [1.29, 1.82) is 5.26 Å². The number of nitriles is 1. The molecule has 0 radical (unpaired) electrons. The predicted molar refractivity (Wildman–Crippen MR) is 142 cm³/mol. The van der Waals surface area contributed by atoms with E-state index in [1.165, 1.54) is 19.3 Å². The number of benzene rings is 3. The van der Waals surface area contributed by atoms with Crippen molar-refractivity contribution in [3.63, 3.8) is 0 Å². The molecule has 0 saturated heterocycles. The van der Waals surface area contributed by atoms with Crippen molar-refractivity contribution >= 4 is 52.5 Å². The summed E-state index contributed by atoms with van der Waals surface area (Å²) in [6, 6.07) is 17.3. The van der Waals surface area contributed by atoms with Gasteiger partial charge in [-0.15, -0.1) is 0 Å². The van der Waals surface area contributed by atoms with Gasteiger partial charge in [0.1, 0.15) is 11.6 Å². The fraction of sp³-hybridized carbons (Fsp3) is 0.148. The second-order valence-corrected chi connectivity index (χ2v) is 8.61. The topological polar surface area (TPSA) is 100 Å². The Morgan fingerprint density at radius 3 is 2.42 bits per heavy atom. The molecule has 2 N–H and O–H groups in total. The van der Waals surface area contributed by atoms with E-state index >= 15 is 0 Å². The first-order valence-electron chi connectivity index (χ1n) is 10.8. The molecule has 0 atom stereocenters. The van der Waals surface area contributed by atoms with Crippen LogP contribution in [0.5, 0.6) is 11.5 Å². The summed E-state index contributed by atoms with van der Waals surface area (Å²) in [4.78, 5) is 25.0. The summed E-state index contributed by atoms with van der Waals surface area (Å²) in [7, 11) is 1.41. The molecular weight excluding hydrogens is 501 g/mol. The van der Waals surface area contributed by atoms with Gasteiger partial charge in [-0.25, -0.2) is 0 Å². The summed E-state index contributed by atoms with van der Waals surface area (Å²) in [6.07, 6.45) is 1.36. The third-order valence-electron chi connectivity index (χ3n) is 5.05. The molecule has 0 aliphatic carbocycles. The number of carbonyl (C=O) groups excluding carboxylic acids is 2. The second kappa shape index (κ2) is 12.1. The van der Waals surface area contributed by atoms with Gasteiger partial charge in [0.25, 0.3) is 11.8 Å². The van der Waals surface area contributed by atoms with E-state index in [1.807, 2.05) is 38.1 Å². The zero-order valence-corrected chi connectivity index (χ0v) is 21.3. The molecule has 0 heterocycles. The van der Waals surface area contributed by atoms with E-state index in [9.17, 15) is 14.9 Å². The number of anilines is 2. The third kappa shape index (κ3) is 6.79. The SMILES string of the molecule is COc1cc(/C=C(\C#N)C(=O)Nc2ccccc2Cl)cc(Cl)c1OCC(=O)Nc1ccc(C)cc1C. The van der Waals surface area contributed by atoms with Gasteiger partial charge in [-0.1, -0.05) is 53.0 Å².